The number of hydrogen-bond donors (Lipinski definition) is 1. The zero-order valence-corrected chi connectivity index (χ0v) is 10.8. The normalized spacial score (nSPS) is 17.0. The third kappa shape index (κ3) is 2.03. The van der Waals surface area contributed by atoms with Crippen LogP contribution >= 0.6 is 11.3 Å². The molecule has 88 valence electrons. The molecule has 3 rings (SSSR count). The summed E-state index contributed by atoms with van der Waals surface area (Å²) in [4.78, 5) is 1.46. The summed E-state index contributed by atoms with van der Waals surface area (Å²) >= 11 is 1.86. The monoisotopic (exact) mass is 243 g/mol. The topological polar surface area (TPSA) is 12.0 Å². The van der Waals surface area contributed by atoms with E-state index < -0.39 is 0 Å². The Labute approximate surface area is 106 Å². The number of benzene rings is 1. The van der Waals surface area contributed by atoms with E-state index in [1.165, 1.54) is 28.8 Å². The fraction of sp³-hybridized carbons (Fsp3) is 0.333. The molecule has 0 saturated heterocycles. The van der Waals surface area contributed by atoms with Crippen molar-refractivity contribution in [2.75, 3.05) is 7.05 Å². The summed E-state index contributed by atoms with van der Waals surface area (Å²) in [7, 11) is 2.08. The minimum atomic E-state index is 0.502. The Hall–Kier alpha value is -1.12. The number of fused-ring (bicyclic) bond motifs is 1. The van der Waals surface area contributed by atoms with E-state index in [-0.39, 0.29) is 0 Å². The van der Waals surface area contributed by atoms with Gasteiger partial charge in [-0.25, -0.2) is 0 Å². The number of nitrogens with one attached hydrogen (secondary N) is 1. The first-order valence-electron chi connectivity index (χ1n) is 6.16. The van der Waals surface area contributed by atoms with Crippen LogP contribution in [0.4, 0.5) is 0 Å². The van der Waals surface area contributed by atoms with Gasteiger partial charge in [0, 0.05) is 10.9 Å². The predicted octanol–water partition coefficient (Wildman–Crippen LogP) is 3.42. The Morgan fingerprint density at radius 1 is 1.12 bits per heavy atom. The predicted molar refractivity (Wildman–Crippen MR) is 73.5 cm³/mol. The first-order chi connectivity index (χ1) is 8.38. The first kappa shape index (κ1) is 11.0. The lowest BCUT2D eigenvalue weighted by Crippen LogP contribution is -2.24. The molecule has 0 aliphatic heterocycles. The largest absolute Gasteiger partial charge is 0.312 e. The van der Waals surface area contributed by atoms with Crippen LogP contribution in [0.5, 0.6) is 0 Å². The van der Waals surface area contributed by atoms with Gasteiger partial charge in [-0.1, -0.05) is 30.3 Å². The summed E-state index contributed by atoms with van der Waals surface area (Å²) in [6.45, 7) is 0. The average Bonchev–Trinajstić information content (AvgIpc) is 2.98. The quantitative estimate of drug-likeness (QED) is 0.871. The van der Waals surface area contributed by atoms with Gasteiger partial charge in [0.05, 0.1) is 0 Å². The van der Waals surface area contributed by atoms with Crippen molar-refractivity contribution in [3.05, 3.63) is 57.8 Å². The van der Waals surface area contributed by atoms with E-state index >= 15 is 0 Å². The molecule has 1 aromatic carbocycles. The van der Waals surface area contributed by atoms with Crippen LogP contribution in [0.2, 0.25) is 0 Å². The van der Waals surface area contributed by atoms with Crippen LogP contribution < -0.4 is 5.32 Å². The smallest absolute Gasteiger partial charge is 0.0447 e. The highest BCUT2D eigenvalue weighted by Crippen LogP contribution is 2.36. The number of thiophene rings is 1. The number of rotatable bonds is 3. The van der Waals surface area contributed by atoms with E-state index in [0.717, 1.165) is 0 Å². The van der Waals surface area contributed by atoms with Crippen molar-refractivity contribution < 1.29 is 0 Å². The molecule has 0 saturated carbocycles. The van der Waals surface area contributed by atoms with Gasteiger partial charge in [0.2, 0.25) is 0 Å². The zero-order chi connectivity index (χ0) is 11.7. The van der Waals surface area contributed by atoms with E-state index in [9.17, 15) is 0 Å². The molecule has 0 fully saturated rings. The first-order valence-corrected chi connectivity index (χ1v) is 7.04. The fourth-order valence-electron chi connectivity index (χ4n) is 2.91. The van der Waals surface area contributed by atoms with Crippen LogP contribution in [0.1, 0.15) is 22.0 Å². The van der Waals surface area contributed by atoms with E-state index in [4.69, 9.17) is 0 Å². The maximum absolute atomic E-state index is 3.49. The second kappa shape index (κ2) is 4.63. The number of hydrogen-bond acceptors (Lipinski definition) is 2. The molecule has 2 aromatic rings. The van der Waals surface area contributed by atoms with E-state index in [1.54, 1.807) is 0 Å². The molecule has 1 aromatic heterocycles. The van der Waals surface area contributed by atoms with Crippen molar-refractivity contribution >= 4 is 11.3 Å². The molecular weight excluding hydrogens is 226 g/mol. The van der Waals surface area contributed by atoms with Crippen molar-refractivity contribution in [1.82, 2.24) is 5.32 Å². The summed E-state index contributed by atoms with van der Waals surface area (Å²) in [5.41, 5.74) is 3.07. The highest BCUT2D eigenvalue weighted by atomic mass is 32.1. The Bertz CT molecular complexity index is 464. The Balaban J connectivity index is 1.83. The van der Waals surface area contributed by atoms with Crippen LogP contribution in [-0.2, 0) is 12.8 Å². The molecule has 1 N–H and O–H groups in total. The zero-order valence-electron chi connectivity index (χ0n) is 10.0. The Morgan fingerprint density at radius 2 is 1.82 bits per heavy atom. The van der Waals surface area contributed by atoms with Gasteiger partial charge in [0.25, 0.3) is 0 Å². The van der Waals surface area contributed by atoms with Gasteiger partial charge in [0.1, 0.15) is 0 Å². The second-order valence-corrected chi connectivity index (χ2v) is 5.70. The van der Waals surface area contributed by atoms with E-state index in [1.807, 2.05) is 11.3 Å². The van der Waals surface area contributed by atoms with Crippen LogP contribution in [0, 0.1) is 5.92 Å². The molecule has 17 heavy (non-hydrogen) atoms. The molecule has 1 unspecified atom stereocenters. The summed E-state index contributed by atoms with van der Waals surface area (Å²) in [5.74, 6) is 0.705. The lowest BCUT2D eigenvalue weighted by Gasteiger charge is -2.21. The minimum Gasteiger partial charge on any atom is -0.312 e. The maximum atomic E-state index is 3.49. The molecule has 1 aliphatic carbocycles. The van der Waals surface area contributed by atoms with Gasteiger partial charge in [-0.3, -0.25) is 0 Å². The molecule has 0 spiro atoms. The molecule has 2 heteroatoms. The second-order valence-electron chi connectivity index (χ2n) is 4.72. The van der Waals surface area contributed by atoms with Crippen molar-refractivity contribution in [2.45, 2.75) is 18.9 Å². The molecule has 1 nitrogen and oxygen atoms in total. The van der Waals surface area contributed by atoms with Gasteiger partial charge in [-0.15, -0.1) is 11.3 Å². The third-order valence-electron chi connectivity index (χ3n) is 3.71. The van der Waals surface area contributed by atoms with Crippen molar-refractivity contribution in [3.63, 3.8) is 0 Å². The standard InChI is InChI=1S/C15H17NS/c1-16-15(14-7-4-8-17-14)13-9-11-5-2-3-6-12(11)10-13/h2-8,13,15-16H,9-10H2,1H3. The lowest BCUT2D eigenvalue weighted by molar-refractivity contribution is 0.402. The van der Waals surface area contributed by atoms with Gasteiger partial charge in [-0.05, 0) is 48.4 Å². The molecule has 1 heterocycles. The van der Waals surface area contributed by atoms with Crippen molar-refractivity contribution in [3.8, 4) is 0 Å². The summed E-state index contributed by atoms with van der Waals surface area (Å²) in [6, 6.07) is 13.7. The maximum Gasteiger partial charge on any atom is 0.0447 e. The molecule has 1 atom stereocenters. The van der Waals surface area contributed by atoms with Crippen molar-refractivity contribution in [1.29, 1.82) is 0 Å². The summed E-state index contributed by atoms with van der Waals surface area (Å²) in [6.07, 6.45) is 2.42. The van der Waals surface area contributed by atoms with E-state index in [0.29, 0.717) is 12.0 Å². The highest BCUT2D eigenvalue weighted by molar-refractivity contribution is 7.10. The summed E-state index contributed by atoms with van der Waals surface area (Å²) in [5, 5.41) is 5.66. The SMILES string of the molecule is CNC(c1cccs1)C1Cc2ccccc2C1. The molecular formula is C15H17NS. The van der Waals surface area contributed by atoms with Gasteiger partial charge >= 0.3 is 0 Å². The molecule has 0 radical (unpaired) electrons. The van der Waals surface area contributed by atoms with Crippen molar-refractivity contribution in [2.24, 2.45) is 5.92 Å². The van der Waals surface area contributed by atoms with Gasteiger partial charge in [0.15, 0.2) is 0 Å². The third-order valence-corrected chi connectivity index (χ3v) is 4.67. The lowest BCUT2D eigenvalue weighted by atomic mass is 9.95. The Morgan fingerprint density at radius 3 is 2.35 bits per heavy atom. The van der Waals surface area contributed by atoms with Gasteiger partial charge in [-0.2, -0.15) is 0 Å². The highest BCUT2D eigenvalue weighted by Gasteiger charge is 2.28. The van der Waals surface area contributed by atoms with Crippen LogP contribution in [-0.4, -0.2) is 7.05 Å². The average molecular weight is 243 g/mol. The van der Waals surface area contributed by atoms with E-state index in [2.05, 4.69) is 54.1 Å². The summed E-state index contributed by atoms with van der Waals surface area (Å²) < 4.78 is 0. The molecule has 1 aliphatic rings. The Kier molecular flexibility index (Phi) is 3.00. The van der Waals surface area contributed by atoms with Gasteiger partial charge < -0.3 is 5.32 Å². The van der Waals surface area contributed by atoms with Crippen LogP contribution in [0.15, 0.2) is 41.8 Å². The molecule has 0 amide bonds. The fourth-order valence-corrected chi connectivity index (χ4v) is 3.84. The van der Waals surface area contributed by atoms with Crippen LogP contribution in [0.25, 0.3) is 0 Å². The molecule has 0 bridgehead atoms. The minimum absolute atomic E-state index is 0.502. The van der Waals surface area contributed by atoms with Crippen LogP contribution in [0.3, 0.4) is 0 Å².